The zero-order valence-corrected chi connectivity index (χ0v) is 12.0. The number of aliphatic carboxylic acids is 1. The molecule has 0 aromatic heterocycles. The van der Waals surface area contributed by atoms with Gasteiger partial charge >= 0.3 is 5.97 Å². The molecule has 2 nitrogen and oxygen atoms in total. The van der Waals surface area contributed by atoms with Crippen molar-refractivity contribution >= 4 is 5.97 Å². The first kappa shape index (κ1) is 13.9. The van der Waals surface area contributed by atoms with E-state index in [0.717, 1.165) is 19.3 Å². The summed E-state index contributed by atoms with van der Waals surface area (Å²) in [6, 6.07) is 0. The van der Waals surface area contributed by atoms with E-state index in [2.05, 4.69) is 13.8 Å². The van der Waals surface area contributed by atoms with Gasteiger partial charge in [0, 0.05) is 0 Å². The molecule has 18 heavy (non-hydrogen) atoms. The predicted molar refractivity (Wildman–Crippen MR) is 73.4 cm³/mol. The van der Waals surface area contributed by atoms with Gasteiger partial charge < -0.3 is 5.11 Å². The molecule has 0 amide bonds. The molecule has 0 bridgehead atoms. The summed E-state index contributed by atoms with van der Waals surface area (Å²) in [6.07, 6.45) is 11.0. The molecule has 2 fully saturated rings. The van der Waals surface area contributed by atoms with Gasteiger partial charge in [-0.15, -0.1) is 0 Å². The Kier molecular flexibility index (Phi) is 4.34. The summed E-state index contributed by atoms with van der Waals surface area (Å²) in [5.41, 5.74) is 0.350. The van der Waals surface area contributed by atoms with Gasteiger partial charge in [0.25, 0.3) is 0 Å². The van der Waals surface area contributed by atoms with Crippen LogP contribution in [-0.2, 0) is 4.79 Å². The van der Waals surface area contributed by atoms with Crippen molar-refractivity contribution in [2.45, 2.75) is 71.6 Å². The average Bonchev–Trinajstić information content (AvgIpc) is 2.55. The Balaban J connectivity index is 2.10. The molecule has 0 aromatic rings. The number of carboxylic acids is 1. The molecule has 0 aromatic carbocycles. The zero-order valence-electron chi connectivity index (χ0n) is 12.0. The lowest BCUT2D eigenvalue weighted by Gasteiger charge is -2.42. The largest absolute Gasteiger partial charge is 0.481 e. The number of hydrogen-bond donors (Lipinski definition) is 1. The van der Waals surface area contributed by atoms with Gasteiger partial charge in [0.2, 0.25) is 0 Å². The molecule has 2 aliphatic carbocycles. The summed E-state index contributed by atoms with van der Waals surface area (Å²) in [5, 5.41) is 9.48. The van der Waals surface area contributed by atoms with Gasteiger partial charge in [-0.2, -0.15) is 0 Å². The van der Waals surface area contributed by atoms with Crippen LogP contribution in [0.3, 0.4) is 0 Å². The molecule has 0 heterocycles. The summed E-state index contributed by atoms with van der Waals surface area (Å²) in [5.74, 6) is 0.499. The number of carboxylic acid groups (broad SMARTS) is 1. The Morgan fingerprint density at radius 1 is 1.06 bits per heavy atom. The van der Waals surface area contributed by atoms with Crippen LogP contribution >= 0.6 is 0 Å². The van der Waals surface area contributed by atoms with Crippen molar-refractivity contribution in [1.29, 1.82) is 0 Å². The summed E-state index contributed by atoms with van der Waals surface area (Å²) in [7, 11) is 0. The van der Waals surface area contributed by atoms with E-state index in [0.29, 0.717) is 17.3 Å². The van der Waals surface area contributed by atoms with E-state index >= 15 is 0 Å². The number of carbonyl (C=O) groups is 1. The van der Waals surface area contributed by atoms with Crippen molar-refractivity contribution in [3.63, 3.8) is 0 Å². The first-order chi connectivity index (χ1) is 8.49. The topological polar surface area (TPSA) is 37.3 Å². The monoisotopic (exact) mass is 252 g/mol. The lowest BCUT2D eigenvalue weighted by molar-refractivity contribution is -0.147. The highest BCUT2D eigenvalue weighted by molar-refractivity contribution is 5.70. The Morgan fingerprint density at radius 2 is 1.67 bits per heavy atom. The molecule has 1 N–H and O–H groups in total. The Labute approximate surface area is 111 Å². The fraction of sp³-hybridized carbons (Fsp3) is 0.938. The highest BCUT2D eigenvalue weighted by Gasteiger charge is 2.41. The van der Waals surface area contributed by atoms with Crippen molar-refractivity contribution < 1.29 is 9.90 Å². The second-order valence-electron chi connectivity index (χ2n) is 7.27. The van der Waals surface area contributed by atoms with E-state index in [1.165, 1.54) is 38.5 Å². The van der Waals surface area contributed by atoms with Crippen LogP contribution in [0, 0.1) is 23.2 Å². The van der Waals surface area contributed by atoms with Crippen molar-refractivity contribution in [2.24, 2.45) is 23.2 Å². The molecule has 2 saturated carbocycles. The average molecular weight is 252 g/mol. The second kappa shape index (κ2) is 5.63. The molecule has 0 saturated heterocycles. The molecule has 2 unspecified atom stereocenters. The summed E-state index contributed by atoms with van der Waals surface area (Å²) >= 11 is 0. The van der Waals surface area contributed by atoms with E-state index in [1.54, 1.807) is 0 Å². The van der Waals surface area contributed by atoms with E-state index in [1.807, 2.05) is 0 Å². The molecule has 0 radical (unpaired) electrons. The smallest absolute Gasteiger partial charge is 0.306 e. The van der Waals surface area contributed by atoms with Crippen LogP contribution in [0.2, 0.25) is 0 Å². The molecule has 104 valence electrons. The van der Waals surface area contributed by atoms with Gasteiger partial charge in [-0.25, -0.2) is 0 Å². The third-order valence-electron chi connectivity index (χ3n) is 5.26. The van der Waals surface area contributed by atoms with E-state index in [-0.39, 0.29) is 5.92 Å². The van der Waals surface area contributed by atoms with Crippen LogP contribution in [0.25, 0.3) is 0 Å². The van der Waals surface area contributed by atoms with Gasteiger partial charge in [-0.1, -0.05) is 52.4 Å². The second-order valence-corrected chi connectivity index (χ2v) is 7.27. The molecule has 0 spiro atoms. The van der Waals surface area contributed by atoms with Gasteiger partial charge in [0.05, 0.1) is 5.92 Å². The number of hydrogen-bond acceptors (Lipinski definition) is 1. The minimum absolute atomic E-state index is 0.0684. The minimum Gasteiger partial charge on any atom is -0.481 e. The van der Waals surface area contributed by atoms with Crippen LogP contribution in [0.15, 0.2) is 0 Å². The first-order valence-corrected chi connectivity index (χ1v) is 7.72. The molecule has 2 aliphatic rings. The Bertz CT molecular complexity index is 287. The molecular formula is C16H28O2. The van der Waals surface area contributed by atoms with Crippen LogP contribution in [-0.4, -0.2) is 11.1 Å². The summed E-state index contributed by atoms with van der Waals surface area (Å²) in [6.45, 7) is 4.63. The quantitative estimate of drug-likeness (QED) is 0.735. The Morgan fingerprint density at radius 3 is 2.22 bits per heavy atom. The third kappa shape index (κ3) is 3.27. The van der Waals surface area contributed by atoms with Crippen molar-refractivity contribution in [3.05, 3.63) is 0 Å². The van der Waals surface area contributed by atoms with Crippen molar-refractivity contribution in [3.8, 4) is 0 Å². The van der Waals surface area contributed by atoms with E-state index < -0.39 is 5.97 Å². The maximum atomic E-state index is 11.5. The van der Waals surface area contributed by atoms with Crippen molar-refractivity contribution in [1.82, 2.24) is 0 Å². The van der Waals surface area contributed by atoms with Crippen LogP contribution in [0.5, 0.6) is 0 Å². The van der Waals surface area contributed by atoms with Gasteiger partial charge in [0.15, 0.2) is 0 Å². The van der Waals surface area contributed by atoms with E-state index in [9.17, 15) is 9.90 Å². The first-order valence-electron chi connectivity index (χ1n) is 7.72. The normalized spacial score (nSPS) is 33.9. The highest BCUT2D eigenvalue weighted by Crippen LogP contribution is 2.47. The maximum Gasteiger partial charge on any atom is 0.306 e. The third-order valence-corrected chi connectivity index (χ3v) is 5.26. The fourth-order valence-electron chi connectivity index (χ4n) is 4.18. The van der Waals surface area contributed by atoms with Gasteiger partial charge in [-0.05, 0) is 36.5 Å². The van der Waals surface area contributed by atoms with Crippen molar-refractivity contribution in [2.75, 3.05) is 0 Å². The van der Waals surface area contributed by atoms with Crippen LogP contribution in [0.1, 0.15) is 71.6 Å². The Hall–Kier alpha value is -0.530. The number of rotatable bonds is 2. The fourth-order valence-corrected chi connectivity index (χ4v) is 4.18. The van der Waals surface area contributed by atoms with E-state index in [4.69, 9.17) is 0 Å². The zero-order chi connectivity index (χ0) is 13.2. The lowest BCUT2D eigenvalue weighted by Crippen LogP contribution is -2.38. The molecule has 2 atom stereocenters. The summed E-state index contributed by atoms with van der Waals surface area (Å²) in [4.78, 5) is 11.5. The maximum absolute atomic E-state index is 11.5. The highest BCUT2D eigenvalue weighted by atomic mass is 16.4. The van der Waals surface area contributed by atoms with Crippen LogP contribution in [0.4, 0.5) is 0 Å². The minimum atomic E-state index is -0.542. The lowest BCUT2D eigenvalue weighted by atomic mass is 9.62. The van der Waals surface area contributed by atoms with Crippen LogP contribution < -0.4 is 0 Å². The standard InChI is InChI=1S/C16H28O2/c1-16(2)10-9-13(15(17)18)14(11-16)12-7-5-3-4-6-8-12/h12-14H,3-11H2,1-2H3,(H,17,18). The summed E-state index contributed by atoms with van der Waals surface area (Å²) < 4.78 is 0. The molecular weight excluding hydrogens is 224 g/mol. The van der Waals surface area contributed by atoms with Gasteiger partial charge in [0.1, 0.15) is 0 Å². The predicted octanol–water partition coefficient (Wildman–Crippen LogP) is 4.48. The molecule has 0 aliphatic heterocycles. The molecule has 2 rings (SSSR count). The SMILES string of the molecule is CC1(C)CCC(C(=O)O)C(C2CCCCCC2)C1. The molecule has 2 heteroatoms. The van der Waals surface area contributed by atoms with Gasteiger partial charge in [-0.3, -0.25) is 4.79 Å².